The summed E-state index contributed by atoms with van der Waals surface area (Å²) in [5.74, 6) is 0.369. The van der Waals surface area contributed by atoms with Crippen molar-refractivity contribution in [3.8, 4) is 23.4 Å². The van der Waals surface area contributed by atoms with E-state index in [1.54, 1.807) is 10.9 Å². The maximum atomic E-state index is 13.3. The van der Waals surface area contributed by atoms with E-state index in [0.29, 0.717) is 11.5 Å². The highest BCUT2D eigenvalue weighted by atomic mass is 19.4. The summed E-state index contributed by atoms with van der Waals surface area (Å²) in [7, 11) is 3.10. The number of carbonyl (C=O) groups is 1. The standard InChI is InChI=1S/C21H19F3N6O3/c1-12-26-17(10-28(12)2)30-8-14-7-29(9-15(14)27-30)20(31)18-16(33-11-21(22,23)24)5-4-13(6-25)19(18)32-3/h4-5,8,10H,7,9,11H2,1-3H3. The van der Waals surface area contributed by atoms with Gasteiger partial charge in [-0.3, -0.25) is 4.79 Å². The lowest BCUT2D eigenvalue weighted by Gasteiger charge is -2.21. The number of halogens is 3. The number of ether oxygens (including phenoxy) is 2. The number of hydrogen-bond acceptors (Lipinski definition) is 6. The summed E-state index contributed by atoms with van der Waals surface area (Å²) in [6, 6.07) is 4.29. The molecule has 0 saturated carbocycles. The Morgan fingerprint density at radius 2 is 2.03 bits per heavy atom. The van der Waals surface area contributed by atoms with Crippen molar-refractivity contribution in [3.63, 3.8) is 0 Å². The minimum atomic E-state index is -4.60. The van der Waals surface area contributed by atoms with E-state index in [1.165, 1.54) is 24.1 Å². The van der Waals surface area contributed by atoms with Crippen LogP contribution in [0.4, 0.5) is 13.2 Å². The molecule has 1 amide bonds. The molecule has 0 spiro atoms. The topological polar surface area (TPSA) is 98.2 Å². The number of methoxy groups -OCH3 is 1. The molecule has 0 aliphatic carbocycles. The van der Waals surface area contributed by atoms with Crippen LogP contribution in [0.5, 0.6) is 11.5 Å². The Bertz CT molecular complexity index is 1230. The molecule has 0 fully saturated rings. The number of imidazole rings is 1. The third-order valence-electron chi connectivity index (χ3n) is 5.25. The van der Waals surface area contributed by atoms with E-state index in [2.05, 4.69) is 10.1 Å². The Morgan fingerprint density at radius 3 is 2.61 bits per heavy atom. The molecule has 0 atom stereocenters. The fraction of sp³-hybridized carbons (Fsp3) is 0.333. The molecule has 3 aromatic rings. The molecule has 0 unspecified atom stereocenters. The fourth-order valence-corrected chi connectivity index (χ4v) is 3.57. The molecule has 4 rings (SSSR count). The molecule has 3 heterocycles. The van der Waals surface area contributed by atoms with E-state index in [0.717, 1.165) is 11.4 Å². The largest absolute Gasteiger partial charge is 0.494 e. The Kier molecular flexibility index (Phi) is 5.49. The second-order valence-corrected chi connectivity index (χ2v) is 7.50. The molecule has 12 heteroatoms. The number of benzene rings is 1. The highest BCUT2D eigenvalue weighted by Gasteiger charge is 2.34. The highest BCUT2D eigenvalue weighted by molar-refractivity contribution is 6.00. The van der Waals surface area contributed by atoms with E-state index in [9.17, 15) is 23.2 Å². The predicted molar refractivity (Wildman–Crippen MR) is 108 cm³/mol. The van der Waals surface area contributed by atoms with Crippen LogP contribution < -0.4 is 9.47 Å². The highest BCUT2D eigenvalue weighted by Crippen LogP contribution is 2.36. The van der Waals surface area contributed by atoms with Crippen LogP contribution >= 0.6 is 0 Å². The zero-order valence-corrected chi connectivity index (χ0v) is 18.0. The van der Waals surface area contributed by atoms with Crippen molar-refractivity contribution in [2.75, 3.05) is 13.7 Å². The second-order valence-electron chi connectivity index (χ2n) is 7.50. The smallest absolute Gasteiger partial charge is 0.422 e. The van der Waals surface area contributed by atoms with Crippen LogP contribution in [0.3, 0.4) is 0 Å². The number of aryl methyl sites for hydroxylation is 2. The molecule has 2 aromatic heterocycles. The van der Waals surface area contributed by atoms with Crippen molar-refractivity contribution < 1.29 is 27.4 Å². The van der Waals surface area contributed by atoms with Gasteiger partial charge in [-0.05, 0) is 19.1 Å². The molecular formula is C21H19F3N6O3. The summed E-state index contributed by atoms with van der Waals surface area (Å²) in [4.78, 5) is 19.2. The van der Waals surface area contributed by atoms with Gasteiger partial charge >= 0.3 is 6.18 Å². The first kappa shape index (κ1) is 22.2. The van der Waals surface area contributed by atoms with Crippen molar-refractivity contribution in [2.45, 2.75) is 26.2 Å². The number of fused-ring (bicyclic) bond motifs is 1. The van der Waals surface area contributed by atoms with E-state index in [4.69, 9.17) is 9.47 Å². The first-order valence-corrected chi connectivity index (χ1v) is 9.79. The lowest BCUT2D eigenvalue weighted by atomic mass is 10.1. The van der Waals surface area contributed by atoms with Gasteiger partial charge in [0.1, 0.15) is 23.2 Å². The minimum Gasteiger partial charge on any atom is -0.494 e. The van der Waals surface area contributed by atoms with Gasteiger partial charge < -0.3 is 18.9 Å². The summed E-state index contributed by atoms with van der Waals surface area (Å²) in [5.41, 5.74) is 1.19. The van der Waals surface area contributed by atoms with Gasteiger partial charge in [-0.25, -0.2) is 9.67 Å². The van der Waals surface area contributed by atoms with Gasteiger partial charge in [0.05, 0.1) is 24.9 Å². The lowest BCUT2D eigenvalue weighted by molar-refractivity contribution is -0.153. The minimum absolute atomic E-state index is 0.00727. The molecule has 0 radical (unpaired) electrons. The number of rotatable bonds is 5. The zero-order chi connectivity index (χ0) is 23.9. The SMILES string of the molecule is COc1c(C#N)ccc(OCC(F)(F)F)c1C(=O)N1Cc2cn(-c3cn(C)c(C)n3)nc2C1. The molecule has 9 nitrogen and oxygen atoms in total. The van der Waals surface area contributed by atoms with Crippen LogP contribution in [0.25, 0.3) is 5.82 Å². The van der Waals surface area contributed by atoms with E-state index in [1.807, 2.05) is 30.8 Å². The Balaban J connectivity index is 1.63. The number of hydrogen-bond donors (Lipinski definition) is 0. The van der Waals surface area contributed by atoms with Gasteiger partial charge in [-0.15, -0.1) is 0 Å². The number of nitriles is 1. The number of amides is 1. The van der Waals surface area contributed by atoms with Gasteiger partial charge in [-0.2, -0.15) is 23.5 Å². The first-order valence-electron chi connectivity index (χ1n) is 9.79. The van der Waals surface area contributed by atoms with E-state index in [-0.39, 0.29) is 35.7 Å². The predicted octanol–water partition coefficient (Wildman–Crippen LogP) is 2.89. The molecule has 172 valence electrons. The van der Waals surface area contributed by atoms with Gasteiger partial charge in [0.2, 0.25) is 0 Å². The second kappa shape index (κ2) is 8.16. The number of carbonyl (C=O) groups excluding carboxylic acids is 1. The maximum absolute atomic E-state index is 13.3. The van der Waals surface area contributed by atoms with Crippen molar-refractivity contribution in [1.29, 1.82) is 5.26 Å². The van der Waals surface area contributed by atoms with Gasteiger partial charge in [0, 0.05) is 31.5 Å². The Morgan fingerprint density at radius 1 is 1.27 bits per heavy atom. The van der Waals surface area contributed by atoms with E-state index >= 15 is 0 Å². The molecule has 1 aromatic carbocycles. The van der Waals surface area contributed by atoms with Crippen LogP contribution in [0, 0.1) is 18.3 Å². The van der Waals surface area contributed by atoms with Crippen LogP contribution in [-0.4, -0.2) is 50.0 Å². The van der Waals surface area contributed by atoms with Gasteiger partial charge in [-0.1, -0.05) is 0 Å². The van der Waals surface area contributed by atoms with Crippen molar-refractivity contribution in [3.05, 3.63) is 52.7 Å². The normalized spacial score (nSPS) is 13.1. The maximum Gasteiger partial charge on any atom is 0.422 e. The quantitative estimate of drug-likeness (QED) is 0.581. The van der Waals surface area contributed by atoms with Gasteiger partial charge in [0.25, 0.3) is 5.91 Å². The van der Waals surface area contributed by atoms with Crippen LogP contribution in [0.15, 0.2) is 24.5 Å². The molecule has 33 heavy (non-hydrogen) atoms. The molecule has 0 N–H and O–H groups in total. The summed E-state index contributed by atoms with van der Waals surface area (Å²) < 4.78 is 51.7. The van der Waals surface area contributed by atoms with Crippen LogP contribution in [0.1, 0.15) is 33.0 Å². The average molecular weight is 460 g/mol. The zero-order valence-electron chi connectivity index (χ0n) is 18.0. The third-order valence-corrected chi connectivity index (χ3v) is 5.25. The summed E-state index contributed by atoms with van der Waals surface area (Å²) in [6.07, 6.45) is -1.02. The van der Waals surface area contributed by atoms with Crippen molar-refractivity contribution >= 4 is 5.91 Å². The first-order chi connectivity index (χ1) is 15.6. The fourth-order valence-electron chi connectivity index (χ4n) is 3.57. The van der Waals surface area contributed by atoms with Crippen molar-refractivity contribution in [1.82, 2.24) is 24.2 Å². The summed E-state index contributed by atoms with van der Waals surface area (Å²) >= 11 is 0. The number of aromatic nitrogens is 4. The third kappa shape index (κ3) is 4.21. The monoisotopic (exact) mass is 460 g/mol. The van der Waals surface area contributed by atoms with Gasteiger partial charge in [0.15, 0.2) is 18.2 Å². The average Bonchev–Trinajstić information content (AvgIpc) is 3.43. The molecule has 1 aliphatic rings. The summed E-state index contributed by atoms with van der Waals surface area (Å²) in [6.45, 7) is 0.588. The molecule has 0 bridgehead atoms. The molecule has 0 saturated heterocycles. The Labute approximate surface area is 186 Å². The molecular weight excluding hydrogens is 441 g/mol. The van der Waals surface area contributed by atoms with Crippen LogP contribution in [0.2, 0.25) is 0 Å². The molecule has 1 aliphatic heterocycles. The Hall–Kier alpha value is -4.01. The number of nitrogens with zero attached hydrogens (tertiary/aromatic N) is 6. The van der Waals surface area contributed by atoms with Crippen LogP contribution in [-0.2, 0) is 20.1 Å². The summed E-state index contributed by atoms with van der Waals surface area (Å²) in [5, 5.41) is 13.8. The van der Waals surface area contributed by atoms with E-state index < -0.39 is 18.7 Å². The lowest BCUT2D eigenvalue weighted by Crippen LogP contribution is -2.28. The number of alkyl halides is 3. The van der Waals surface area contributed by atoms with Crippen molar-refractivity contribution in [2.24, 2.45) is 7.05 Å².